The molecule has 2 heteroatoms. The standard InChI is InChI=1S/C19H38N2/c1-7-8-9-10-11-12-13-17(4)14-18-20-19(5,6)15-21(18)16(2)3/h16-17H,7-15H2,1-6H3. The Hall–Kier alpha value is -0.530. The van der Waals surface area contributed by atoms with Crippen molar-refractivity contribution in [3.8, 4) is 0 Å². The molecule has 0 aliphatic carbocycles. The third-order valence-corrected chi connectivity index (χ3v) is 4.53. The number of amidine groups is 1. The summed E-state index contributed by atoms with van der Waals surface area (Å²) in [7, 11) is 0. The molecule has 1 aliphatic rings. The summed E-state index contributed by atoms with van der Waals surface area (Å²) >= 11 is 0. The lowest BCUT2D eigenvalue weighted by Gasteiger charge is -2.28. The second-order valence-corrected chi connectivity index (χ2v) is 7.93. The highest BCUT2D eigenvalue weighted by molar-refractivity contribution is 5.85. The van der Waals surface area contributed by atoms with Crippen molar-refractivity contribution in [3.05, 3.63) is 0 Å². The minimum absolute atomic E-state index is 0.111. The smallest absolute Gasteiger partial charge is 0.100 e. The molecule has 1 aliphatic heterocycles. The number of nitrogens with zero attached hydrogens (tertiary/aromatic N) is 2. The van der Waals surface area contributed by atoms with E-state index in [1.165, 1.54) is 50.8 Å². The molecule has 0 radical (unpaired) electrons. The summed E-state index contributed by atoms with van der Waals surface area (Å²) in [6.07, 6.45) is 10.9. The fourth-order valence-corrected chi connectivity index (χ4v) is 3.29. The maximum Gasteiger partial charge on any atom is 0.100 e. The zero-order chi connectivity index (χ0) is 15.9. The van der Waals surface area contributed by atoms with Gasteiger partial charge in [-0.1, -0.05) is 58.8 Å². The van der Waals surface area contributed by atoms with E-state index in [0.29, 0.717) is 6.04 Å². The molecule has 0 aromatic heterocycles. The first-order chi connectivity index (χ1) is 9.85. The third kappa shape index (κ3) is 6.84. The van der Waals surface area contributed by atoms with E-state index in [9.17, 15) is 0 Å². The molecule has 2 nitrogen and oxygen atoms in total. The van der Waals surface area contributed by atoms with E-state index < -0.39 is 0 Å². The number of hydrogen-bond donors (Lipinski definition) is 0. The van der Waals surface area contributed by atoms with E-state index in [4.69, 9.17) is 4.99 Å². The van der Waals surface area contributed by atoms with Crippen LogP contribution in [0.5, 0.6) is 0 Å². The monoisotopic (exact) mass is 294 g/mol. The average Bonchev–Trinajstić information content (AvgIpc) is 2.69. The number of aliphatic imine (C=N–C) groups is 1. The van der Waals surface area contributed by atoms with Gasteiger partial charge in [-0.25, -0.2) is 0 Å². The summed E-state index contributed by atoms with van der Waals surface area (Å²) in [5.74, 6) is 2.12. The van der Waals surface area contributed by atoms with Crippen molar-refractivity contribution in [1.82, 2.24) is 4.90 Å². The van der Waals surface area contributed by atoms with Crippen LogP contribution in [0.1, 0.15) is 92.9 Å². The van der Waals surface area contributed by atoms with Gasteiger partial charge in [0.25, 0.3) is 0 Å². The zero-order valence-corrected chi connectivity index (χ0v) is 15.4. The molecule has 0 aromatic carbocycles. The summed E-state index contributed by atoms with van der Waals surface area (Å²) in [5.41, 5.74) is 0.111. The molecule has 1 unspecified atom stereocenters. The van der Waals surface area contributed by atoms with Crippen molar-refractivity contribution in [2.24, 2.45) is 10.9 Å². The Morgan fingerprint density at radius 2 is 1.67 bits per heavy atom. The molecule has 1 atom stereocenters. The first kappa shape index (κ1) is 18.5. The average molecular weight is 295 g/mol. The van der Waals surface area contributed by atoms with Gasteiger partial charge in [0.05, 0.1) is 5.54 Å². The van der Waals surface area contributed by atoms with Gasteiger partial charge < -0.3 is 4.90 Å². The molecule has 0 amide bonds. The summed E-state index contributed by atoms with van der Waals surface area (Å²) < 4.78 is 0. The van der Waals surface area contributed by atoms with Crippen molar-refractivity contribution < 1.29 is 0 Å². The minimum Gasteiger partial charge on any atom is -0.356 e. The largest absolute Gasteiger partial charge is 0.356 e. The van der Waals surface area contributed by atoms with Crippen molar-refractivity contribution in [1.29, 1.82) is 0 Å². The van der Waals surface area contributed by atoms with Gasteiger partial charge in [0.1, 0.15) is 5.84 Å². The lowest BCUT2D eigenvalue weighted by atomic mass is 9.98. The molecule has 1 rings (SSSR count). The minimum atomic E-state index is 0.111. The van der Waals surface area contributed by atoms with Gasteiger partial charge in [0.2, 0.25) is 0 Å². The Labute approximate surface area is 133 Å². The van der Waals surface area contributed by atoms with Gasteiger partial charge in [0.15, 0.2) is 0 Å². The highest BCUT2D eigenvalue weighted by Crippen LogP contribution is 2.26. The van der Waals surface area contributed by atoms with Crippen LogP contribution in [-0.2, 0) is 0 Å². The summed E-state index contributed by atoms with van der Waals surface area (Å²) in [4.78, 5) is 7.49. The van der Waals surface area contributed by atoms with E-state index in [-0.39, 0.29) is 5.54 Å². The van der Waals surface area contributed by atoms with Crippen LogP contribution in [0.15, 0.2) is 4.99 Å². The van der Waals surface area contributed by atoms with Crippen molar-refractivity contribution in [2.75, 3.05) is 6.54 Å². The first-order valence-electron chi connectivity index (χ1n) is 9.21. The summed E-state index contributed by atoms with van der Waals surface area (Å²) in [5, 5.41) is 0. The van der Waals surface area contributed by atoms with E-state index in [0.717, 1.165) is 18.9 Å². The molecule has 0 spiro atoms. The SMILES string of the molecule is CCCCCCCCC(C)CC1=NC(C)(C)CN1C(C)C. The quantitative estimate of drug-likeness (QED) is 0.474. The van der Waals surface area contributed by atoms with Crippen molar-refractivity contribution in [2.45, 2.75) is 104 Å². The van der Waals surface area contributed by atoms with Crippen molar-refractivity contribution in [3.63, 3.8) is 0 Å². The number of hydrogen-bond acceptors (Lipinski definition) is 2. The molecular formula is C19H38N2. The maximum atomic E-state index is 4.97. The molecule has 1 heterocycles. The number of unbranched alkanes of at least 4 members (excludes halogenated alkanes) is 5. The lowest BCUT2D eigenvalue weighted by Crippen LogP contribution is -2.38. The second kappa shape index (κ2) is 8.80. The zero-order valence-electron chi connectivity index (χ0n) is 15.4. The molecule has 0 saturated carbocycles. The lowest BCUT2D eigenvalue weighted by molar-refractivity contribution is 0.316. The molecular weight excluding hydrogens is 256 g/mol. The van der Waals surface area contributed by atoms with E-state index in [1.807, 2.05) is 0 Å². The van der Waals surface area contributed by atoms with Gasteiger partial charge in [0, 0.05) is 19.0 Å². The Morgan fingerprint density at radius 1 is 1.05 bits per heavy atom. The predicted octanol–water partition coefficient (Wildman–Crippen LogP) is 5.66. The third-order valence-electron chi connectivity index (χ3n) is 4.53. The molecule has 0 N–H and O–H groups in total. The highest BCUT2D eigenvalue weighted by atomic mass is 15.3. The first-order valence-corrected chi connectivity index (χ1v) is 9.21. The van der Waals surface area contributed by atoms with Gasteiger partial charge >= 0.3 is 0 Å². The van der Waals surface area contributed by atoms with E-state index in [1.54, 1.807) is 0 Å². The van der Waals surface area contributed by atoms with Gasteiger partial charge in [-0.3, -0.25) is 4.99 Å². The fourth-order valence-electron chi connectivity index (χ4n) is 3.29. The molecule has 124 valence electrons. The Balaban J connectivity index is 2.31. The number of rotatable bonds is 10. The van der Waals surface area contributed by atoms with Crippen LogP contribution >= 0.6 is 0 Å². The molecule has 0 bridgehead atoms. The van der Waals surface area contributed by atoms with Gasteiger partial charge in [-0.05, 0) is 33.6 Å². The molecule has 0 saturated heterocycles. The Bertz CT molecular complexity index is 318. The molecule has 0 aromatic rings. The Kier molecular flexibility index (Phi) is 7.76. The summed E-state index contributed by atoms with van der Waals surface area (Å²) in [6, 6.07) is 0.576. The predicted molar refractivity (Wildman–Crippen MR) is 95.1 cm³/mol. The van der Waals surface area contributed by atoms with Crippen molar-refractivity contribution >= 4 is 5.84 Å². The fraction of sp³-hybridized carbons (Fsp3) is 0.947. The normalized spacial score (nSPS) is 19.2. The maximum absolute atomic E-state index is 4.97. The van der Waals surface area contributed by atoms with E-state index >= 15 is 0 Å². The van der Waals surface area contributed by atoms with Crippen LogP contribution < -0.4 is 0 Å². The van der Waals surface area contributed by atoms with Crippen LogP contribution in [0.4, 0.5) is 0 Å². The second-order valence-electron chi connectivity index (χ2n) is 7.93. The van der Waals surface area contributed by atoms with Gasteiger partial charge in [-0.15, -0.1) is 0 Å². The van der Waals surface area contributed by atoms with Crippen LogP contribution in [0.25, 0.3) is 0 Å². The molecule has 21 heavy (non-hydrogen) atoms. The van der Waals surface area contributed by atoms with Crippen LogP contribution in [0.2, 0.25) is 0 Å². The Morgan fingerprint density at radius 3 is 2.29 bits per heavy atom. The van der Waals surface area contributed by atoms with E-state index in [2.05, 4.69) is 46.4 Å². The van der Waals surface area contributed by atoms with Gasteiger partial charge in [-0.2, -0.15) is 0 Å². The van der Waals surface area contributed by atoms with Crippen LogP contribution in [0.3, 0.4) is 0 Å². The topological polar surface area (TPSA) is 15.6 Å². The summed E-state index contributed by atoms with van der Waals surface area (Å²) in [6.45, 7) is 14.9. The molecule has 0 fully saturated rings. The highest BCUT2D eigenvalue weighted by Gasteiger charge is 2.32. The van der Waals surface area contributed by atoms with Crippen LogP contribution in [-0.4, -0.2) is 28.9 Å². The van der Waals surface area contributed by atoms with Crippen LogP contribution in [0, 0.1) is 5.92 Å².